The molecule has 0 aromatic heterocycles. The first-order chi connectivity index (χ1) is 9.70. The highest BCUT2D eigenvalue weighted by atomic mass is 16.3. The lowest BCUT2D eigenvalue weighted by atomic mass is 10.1. The second-order valence-corrected chi connectivity index (χ2v) is 6.37. The molecule has 0 bridgehead atoms. The van der Waals surface area contributed by atoms with Gasteiger partial charge in [-0.2, -0.15) is 0 Å². The van der Waals surface area contributed by atoms with E-state index in [9.17, 15) is 9.59 Å². The van der Waals surface area contributed by atoms with Crippen molar-refractivity contribution in [3.63, 3.8) is 0 Å². The molecule has 2 amide bonds. The third kappa shape index (κ3) is 2.68. The topological polar surface area (TPSA) is 60.9 Å². The van der Waals surface area contributed by atoms with Crippen molar-refractivity contribution in [2.45, 2.75) is 57.0 Å². The summed E-state index contributed by atoms with van der Waals surface area (Å²) in [5, 5.41) is 9.11. The Bertz CT molecular complexity index is 389. The maximum Gasteiger partial charge on any atom is 0.228 e. The van der Waals surface area contributed by atoms with Crippen LogP contribution in [0.15, 0.2) is 0 Å². The Morgan fingerprint density at radius 2 is 1.95 bits per heavy atom. The Balaban J connectivity index is 1.62. The zero-order valence-corrected chi connectivity index (χ0v) is 12.0. The van der Waals surface area contributed by atoms with E-state index < -0.39 is 0 Å². The van der Waals surface area contributed by atoms with Crippen molar-refractivity contribution in [1.29, 1.82) is 0 Å². The predicted octanol–water partition coefficient (Wildman–Crippen LogP) is 0.761. The number of carbonyl (C=O) groups excluding carboxylic acids is 2. The van der Waals surface area contributed by atoms with E-state index in [-0.39, 0.29) is 24.3 Å². The highest BCUT2D eigenvalue weighted by Gasteiger charge is 2.42. The predicted molar refractivity (Wildman–Crippen MR) is 73.9 cm³/mol. The fourth-order valence-electron chi connectivity index (χ4n) is 3.67. The Labute approximate surface area is 119 Å². The van der Waals surface area contributed by atoms with Gasteiger partial charge in [0, 0.05) is 31.6 Å². The summed E-state index contributed by atoms with van der Waals surface area (Å²) in [5.74, 6) is 0.0423. The first kappa shape index (κ1) is 13.9. The fraction of sp³-hybridized carbons (Fsp3) is 0.867. The van der Waals surface area contributed by atoms with E-state index in [1.54, 1.807) is 4.90 Å². The quantitative estimate of drug-likeness (QED) is 0.809. The molecule has 5 heteroatoms. The first-order valence-corrected chi connectivity index (χ1v) is 7.91. The molecule has 5 nitrogen and oxygen atoms in total. The molecule has 0 radical (unpaired) electrons. The second kappa shape index (κ2) is 5.72. The highest BCUT2D eigenvalue weighted by Crippen LogP contribution is 2.33. The van der Waals surface area contributed by atoms with Crippen LogP contribution in [0.5, 0.6) is 0 Å². The number of amides is 2. The molecule has 1 aliphatic heterocycles. The molecule has 3 fully saturated rings. The third-order valence-corrected chi connectivity index (χ3v) is 4.88. The van der Waals surface area contributed by atoms with Crippen molar-refractivity contribution in [2.24, 2.45) is 5.92 Å². The van der Waals surface area contributed by atoms with Crippen LogP contribution < -0.4 is 0 Å². The van der Waals surface area contributed by atoms with Gasteiger partial charge in [-0.15, -0.1) is 0 Å². The normalized spacial score (nSPS) is 27.4. The van der Waals surface area contributed by atoms with Crippen molar-refractivity contribution >= 4 is 11.8 Å². The molecule has 0 aromatic carbocycles. The minimum Gasteiger partial charge on any atom is -0.395 e. The summed E-state index contributed by atoms with van der Waals surface area (Å²) >= 11 is 0. The highest BCUT2D eigenvalue weighted by molar-refractivity contribution is 5.89. The molecule has 3 aliphatic rings. The molecular weight excluding hydrogens is 256 g/mol. The minimum atomic E-state index is -0.185. The van der Waals surface area contributed by atoms with E-state index >= 15 is 0 Å². The van der Waals surface area contributed by atoms with Gasteiger partial charge in [0.25, 0.3) is 0 Å². The molecule has 20 heavy (non-hydrogen) atoms. The van der Waals surface area contributed by atoms with Crippen molar-refractivity contribution in [1.82, 2.24) is 9.80 Å². The SMILES string of the molecule is O=C1CC(C(=O)N(CCO)C2CC2)CN1C1CCCC1. The lowest BCUT2D eigenvalue weighted by molar-refractivity contribution is -0.136. The number of aliphatic hydroxyl groups is 1. The fourth-order valence-corrected chi connectivity index (χ4v) is 3.67. The van der Waals surface area contributed by atoms with Crippen LogP contribution in [-0.4, -0.2) is 58.5 Å². The van der Waals surface area contributed by atoms with Crippen molar-refractivity contribution in [2.75, 3.05) is 19.7 Å². The van der Waals surface area contributed by atoms with E-state index in [1.807, 2.05) is 4.90 Å². The Hall–Kier alpha value is -1.10. The molecule has 112 valence electrons. The summed E-state index contributed by atoms with van der Waals surface area (Å²) < 4.78 is 0. The standard InChI is InChI=1S/C15H24N2O3/c18-8-7-16(13-5-6-13)15(20)11-9-14(19)17(10-11)12-3-1-2-4-12/h11-13,18H,1-10H2. The smallest absolute Gasteiger partial charge is 0.228 e. The molecule has 0 aromatic rings. The zero-order chi connectivity index (χ0) is 14.1. The van der Waals surface area contributed by atoms with Gasteiger partial charge in [0.15, 0.2) is 0 Å². The number of likely N-dealkylation sites (tertiary alicyclic amines) is 1. The van der Waals surface area contributed by atoms with Crippen LogP contribution in [0.25, 0.3) is 0 Å². The molecule has 1 atom stereocenters. The molecular formula is C15H24N2O3. The first-order valence-electron chi connectivity index (χ1n) is 7.91. The summed E-state index contributed by atoms with van der Waals surface area (Å²) in [6.45, 7) is 1.02. The molecule has 1 saturated heterocycles. The number of hydrogen-bond donors (Lipinski definition) is 1. The van der Waals surface area contributed by atoms with Gasteiger partial charge in [-0.1, -0.05) is 12.8 Å². The number of aliphatic hydroxyl groups excluding tert-OH is 1. The van der Waals surface area contributed by atoms with E-state index in [1.165, 1.54) is 12.8 Å². The van der Waals surface area contributed by atoms with Crippen LogP contribution in [0.3, 0.4) is 0 Å². The van der Waals surface area contributed by atoms with Crippen LogP contribution >= 0.6 is 0 Å². The van der Waals surface area contributed by atoms with E-state index in [2.05, 4.69) is 0 Å². The van der Waals surface area contributed by atoms with Crippen LogP contribution in [0, 0.1) is 5.92 Å². The molecule has 0 spiro atoms. The Kier molecular flexibility index (Phi) is 3.96. The van der Waals surface area contributed by atoms with Gasteiger partial charge >= 0.3 is 0 Å². The van der Waals surface area contributed by atoms with Crippen LogP contribution in [-0.2, 0) is 9.59 Å². The van der Waals surface area contributed by atoms with Crippen molar-refractivity contribution < 1.29 is 14.7 Å². The minimum absolute atomic E-state index is 0.00917. The number of rotatable bonds is 5. The van der Waals surface area contributed by atoms with Gasteiger partial charge in [-0.3, -0.25) is 9.59 Å². The van der Waals surface area contributed by atoms with E-state index in [0.717, 1.165) is 25.7 Å². The van der Waals surface area contributed by atoms with Crippen LogP contribution in [0.2, 0.25) is 0 Å². The molecule has 3 rings (SSSR count). The van der Waals surface area contributed by atoms with Gasteiger partial charge in [-0.25, -0.2) is 0 Å². The molecule has 1 unspecified atom stereocenters. The summed E-state index contributed by atoms with van der Waals surface area (Å²) in [7, 11) is 0. The third-order valence-electron chi connectivity index (χ3n) is 4.88. The lowest BCUT2D eigenvalue weighted by Gasteiger charge is -2.26. The van der Waals surface area contributed by atoms with Crippen molar-refractivity contribution in [3.05, 3.63) is 0 Å². The zero-order valence-electron chi connectivity index (χ0n) is 12.0. The Morgan fingerprint density at radius 3 is 2.55 bits per heavy atom. The van der Waals surface area contributed by atoms with Gasteiger partial charge in [-0.05, 0) is 25.7 Å². The van der Waals surface area contributed by atoms with Gasteiger partial charge in [0.05, 0.1) is 12.5 Å². The maximum atomic E-state index is 12.6. The summed E-state index contributed by atoms with van der Waals surface area (Å²) in [6, 6.07) is 0.679. The van der Waals surface area contributed by atoms with E-state index in [0.29, 0.717) is 31.6 Å². The van der Waals surface area contributed by atoms with Gasteiger partial charge in [0.1, 0.15) is 0 Å². The largest absolute Gasteiger partial charge is 0.395 e. The molecule has 2 aliphatic carbocycles. The Morgan fingerprint density at radius 1 is 1.25 bits per heavy atom. The van der Waals surface area contributed by atoms with Gasteiger partial charge in [0.2, 0.25) is 11.8 Å². The summed E-state index contributed by atoms with van der Waals surface area (Å²) in [5.41, 5.74) is 0. The molecule has 1 N–H and O–H groups in total. The average molecular weight is 280 g/mol. The number of nitrogens with zero attached hydrogens (tertiary/aromatic N) is 2. The molecule has 1 heterocycles. The lowest BCUT2D eigenvalue weighted by Crippen LogP contribution is -2.41. The van der Waals surface area contributed by atoms with Crippen molar-refractivity contribution in [3.8, 4) is 0 Å². The van der Waals surface area contributed by atoms with E-state index in [4.69, 9.17) is 5.11 Å². The average Bonchev–Trinajstić information content (AvgIpc) is 2.98. The van der Waals surface area contributed by atoms with Crippen LogP contribution in [0.1, 0.15) is 44.9 Å². The molecule has 2 saturated carbocycles. The summed E-state index contributed by atoms with van der Waals surface area (Å²) in [6.07, 6.45) is 7.03. The van der Waals surface area contributed by atoms with Gasteiger partial charge < -0.3 is 14.9 Å². The second-order valence-electron chi connectivity index (χ2n) is 6.37. The van der Waals surface area contributed by atoms with Crippen LogP contribution in [0.4, 0.5) is 0 Å². The number of hydrogen-bond acceptors (Lipinski definition) is 3. The number of carbonyl (C=O) groups is 2. The monoisotopic (exact) mass is 280 g/mol. The summed E-state index contributed by atoms with van der Waals surface area (Å²) in [4.78, 5) is 28.5. The maximum absolute atomic E-state index is 12.6.